The lowest BCUT2D eigenvalue weighted by atomic mass is 9.95. The van der Waals surface area contributed by atoms with Crippen molar-refractivity contribution in [2.45, 2.75) is 31.9 Å². The van der Waals surface area contributed by atoms with E-state index in [2.05, 4.69) is 5.32 Å². The minimum atomic E-state index is -0.699. The maximum Gasteiger partial charge on any atom is 0.234 e. The van der Waals surface area contributed by atoms with Crippen molar-refractivity contribution in [2.75, 3.05) is 19.6 Å². The first-order valence-corrected chi connectivity index (χ1v) is 6.90. The Kier molecular flexibility index (Phi) is 4.73. The van der Waals surface area contributed by atoms with Crippen LogP contribution in [0.15, 0.2) is 24.3 Å². The lowest BCUT2D eigenvalue weighted by Gasteiger charge is -2.36. The van der Waals surface area contributed by atoms with E-state index in [0.717, 1.165) is 24.9 Å². The molecule has 1 aromatic carbocycles. The van der Waals surface area contributed by atoms with Crippen molar-refractivity contribution in [3.05, 3.63) is 35.6 Å². The Bertz CT molecular complexity index is 459. The number of carbonyl (C=O) groups excluding carboxylic acids is 1. The molecule has 0 bridgehead atoms. The summed E-state index contributed by atoms with van der Waals surface area (Å²) in [5, 5.41) is 12.8. The molecule has 0 saturated carbocycles. The second-order valence-electron chi connectivity index (χ2n) is 5.71. The minimum Gasteiger partial charge on any atom is -0.389 e. The van der Waals surface area contributed by atoms with Crippen molar-refractivity contribution in [1.29, 1.82) is 0 Å². The van der Waals surface area contributed by atoms with Gasteiger partial charge in [0, 0.05) is 13.1 Å². The Morgan fingerprint density at radius 3 is 2.80 bits per heavy atom. The summed E-state index contributed by atoms with van der Waals surface area (Å²) in [5.41, 5.74) is 0.167. The molecule has 1 aliphatic heterocycles. The Balaban J connectivity index is 1.76. The fraction of sp³-hybridized carbons (Fsp3) is 0.533. The summed E-state index contributed by atoms with van der Waals surface area (Å²) in [6.45, 7) is 3.84. The van der Waals surface area contributed by atoms with Crippen molar-refractivity contribution < 1.29 is 14.3 Å². The standard InChI is InChI=1S/C15H21FN2O2/c1-15(20)7-2-8-18(11-15)10-14(19)17-9-12-3-5-13(16)6-4-12/h3-6,20H,2,7-11H2,1H3,(H,17,19). The SMILES string of the molecule is CC1(O)CCCN(CC(=O)NCc2ccc(F)cc2)C1. The number of nitrogens with one attached hydrogen (secondary N) is 1. The third-order valence-corrected chi connectivity index (χ3v) is 3.52. The molecular weight excluding hydrogens is 259 g/mol. The van der Waals surface area contributed by atoms with E-state index in [-0.39, 0.29) is 18.3 Å². The first kappa shape index (κ1) is 14.9. The number of hydrogen-bond acceptors (Lipinski definition) is 3. The van der Waals surface area contributed by atoms with Gasteiger partial charge >= 0.3 is 0 Å². The van der Waals surface area contributed by atoms with E-state index in [4.69, 9.17) is 0 Å². The average Bonchev–Trinajstić information content (AvgIpc) is 2.37. The lowest BCUT2D eigenvalue weighted by molar-refractivity contribution is -0.123. The topological polar surface area (TPSA) is 52.6 Å². The van der Waals surface area contributed by atoms with Crippen molar-refractivity contribution in [3.63, 3.8) is 0 Å². The fourth-order valence-electron chi connectivity index (χ4n) is 2.52. The molecule has 1 unspecified atom stereocenters. The van der Waals surface area contributed by atoms with Gasteiger partial charge in [-0.3, -0.25) is 9.69 Å². The molecule has 0 aliphatic carbocycles. The normalized spacial score (nSPS) is 23.6. The minimum absolute atomic E-state index is 0.0768. The van der Waals surface area contributed by atoms with Crippen LogP contribution in [0, 0.1) is 5.82 Å². The van der Waals surface area contributed by atoms with Crippen molar-refractivity contribution in [2.24, 2.45) is 0 Å². The van der Waals surface area contributed by atoms with Gasteiger partial charge in [-0.15, -0.1) is 0 Å². The Labute approximate surface area is 118 Å². The van der Waals surface area contributed by atoms with E-state index in [9.17, 15) is 14.3 Å². The lowest BCUT2D eigenvalue weighted by Crippen LogP contribution is -2.49. The zero-order chi connectivity index (χ0) is 14.6. The number of piperidine rings is 1. The molecule has 2 rings (SSSR count). The highest BCUT2D eigenvalue weighted by Crippen LogP contribution is 2.19. The molecule has 110 valence electrons. The number of halogens is 1. The maximum atomic E-state index is 12.7. The van der Waals surface area contributed by atoms with Gasteiger partial charge in [-0.05, 0) is 44.0 Å². The molecule has 0 spiro atoms. The number of likely N-dealkylation sites (tertiary alicyclic amines) is 1. The monoisotopic (exact) mass is 280 g/mol. The molecule has 4 nitrogen and oxygen atoms in total. The van der Waals surface area contributed by atoms with Gasteiger partial charge in [-0.25, -0.2) is 4.39 Å². The van der Waals surface area contributed by atoms with Gasteiger partial charge in [0.05, 0.1) is 12.1 Å². The number of benzene rings is 1. The molecule has 20 heavy (non-hydrogen) atoms. The first-order valence-electron chi connectivity index (χ1n) is 6.90. The second-order valence-corrected chi connectivity index (χ2v) is 5.71. The Morgan fingerprint density at radius 2 is 2.15 bits per heavy atom. The van der Waals surface area contributed by atoms with Gasteiger partial charge in [-0.1, -0.05) is 12.1 Å². The summed E-state index contributed by atoms with van der Waals surface area (Å²) in [4.78, 5) is 13.8. The number of aliphatic hydroxyl groups is 1. The van der Waals surface area contributed by atoms with E-state index in [1.807, 2.05) is 4.90 Å². The van der Waals surface area contributed by atoms with Crippen LogP contribution in [0.4, 0.5) is 4.39 Å². The quantitative estimate of drug-likeness (QED) is 0.874. The third-order valence-electron chi connectivity index (χ3n) is 3.52. The largest absolute Gasteiger partial charge is 0.389 e. The summed E-state index contributed by atoms with van der Waals surface area (Å²) in [6.07, 6.45) is 1.68. The molecule has 5 heteroatoms. The first-order chi connectivity index (χ1) is 9.44. The molecule has 1 heterocycles. The third kappa shape index (κ3) is 4.58. The Morgan fingerprint density at radius 1 is 1.45 bits per heavy atom. The van der Waals surface area contributed by atoms with E-state index < -0.39 is 5.60 Å². The smallest absolute Gasteiger partial charge is 0.234 e. The van der Waals surface area contributed by atoms with Gasteiger partial charge in [-0.2, -0.15) is 0 Å². The van der Waals surface area contributed by atoms with Crippen LogP contribution >= 0.6 is 0 Å². The summed E-state index contributed by atoms with van der Waals surface area (Å²) in [6, 6.07) is 6.06. The molecular formula is C15H21FN2O2. The van der Waals surface area contributed by atoms with Crippen LogP contribution in [-0.4, -0.2) is 41.1 Å². The van der Waals surface area contributed by atoms with Gasteiger partial charge in [0.2, 0.25) is 5.91 Å². The van der Waals surface area contributed by atoms with Crippen molar-refractivity contribution in [3.8, 4) is 0 Å². The van der Waals surface area contributed by atoms with E-state index in [0.29, 0.717) is 13.1 Å². The van der Waals surface area contributed by atoms with Crippen LogP contribution in [0.2, 0.25) is 0 Å². The van der Waals surface area contributed by atoms with Crippen molar-refractivity contribution >= 4 is 5.91 Å². The number of rotatable bonds is 4. The Hall–Kier alpha value is -1.46. The molecule has 0 aromatic heterocycles. The predicted octanol–water partition coefficient (Wildman–Crippen LogP) is 1.29. The van der Waals surface area contributed by atoms with E-state index in [1.165, 1.54) is 12.1 Å². The van der Waals surface area contributed by atoms with Crippen LogP contribution in [0.25, 0.3) is 0 Å². The highest BCUT2D eigenvalue weighted by molar-refractivity contribution is 5.78. The van der Waals surface area contributed by atoms with Crippen LogP contribution in [-0.2, 0) is 11.3 Å². The molecule has 1 amide bonds. The van der Waals surface area contributed by atoms with E-state index >= 15 is 0 Å². The highest BCUT2D eigenvalue weighted by Gasteiger charge is 2.28. The second kappa shape index (κ2) is 6.33. The van der Waals surface area contributed by atoms with Crippen LogP contribution in [0.3, 0.4) is 0 Å². The molecule has 0 radical (unpaired) electrons. The number of amides is 1. The van der Waals surface area contributed by atoms with Gasteiger partial charge in [0.1, 0.15) is 5.82 Å². The maximum absolute atomic E-state index is 12.7. The van der Waals surface area contributed by atoms with Gasteiger partial charge in [0.15, 0.2) is 0 Å². The zero-order valence-electron chi connectivity index (χ0n) is 11.7. The van der Waals surface area contributed by atoms with Gasteiger partial charge < -0.3 is 10.4 Å². The fourth-order valence-corrected chi connectivity index (χ4v) is 2.52. The summed E-state index contributed by atoms with van der Waals surface area (Å²) >= 11 is 0. The van der Waals surface area contributed by atoms with Crippen molar-refractivity contribution in [1.82, 2.24) is 10.2 Å². The number of nitrogens with zero attached hydrogens (tertiary/aromatic N) is 1. The molecule has 1 atom stereocenters. The highest BCUT2D eigenvalue weighted by atomic mass is 19.1. The number of β-amino-alcohol motifs (C(OH)–C–C–N with tert-alkyl or cyclic N) is 1. The number of hydrogen-bond donors (Lipinski definition) is 2. The zero-order valence-corrected chi connectivity index (χ0v) is 11.7. The summed E-state index contributed by atoms with van der Waals surface area (Å²) in [7, 11) is 0. The molecule has 1 fully saturated rings. The van der Waals surface area contributed by atoms with Crippen LogP contribution in [0.5, 0.6) is 0 Å². The molecule has 2 N–H and O–H groups in total. The summed E-state index contributed by atoms with van der Waals surface area (Å²) < 4.78 is 12.7. The van der Waals surface area contributed by atoms with Crippen LogP contribution < -0.4 is 5.32 Å². The predicted molar refractivity (Wildman–Crippen MR) is 74.5 cm³/mol. The van der Waals surface area contributed by atoms with Crippen LogP contribution in [0.1, 0.15) is 25.3 Å². The molecule has 1 saturated heterocycles. The molecule has 1 aromatic rings. The van der Waals surface area contributed by atoms with Gasteiger partial charge in [0.25, 0.3) is 0 Å². The summed E-state index contributed by atoms with van der Waals surface area (Å²) in [5.74, 6) is -0.359. The average molecular weight is 280 g/mol. The molecule has 1 aliphatic rings. The van der Waals surface area contributed by atoms with E-state index in [1.54, 1.807) is 19.1 Å². The number of carbonyl (C=O) groups is 1.